The van der Waals surface area contributed by atoms with Crippen LogP contribution in [0.2, 0.25) is 0 Å². The van der Waals surface area contributed by atoms with Gasteiger partial charge in [0, 0.05) is 28.8 Å². The monoisotopic (exact) mass is 340 g/mol. The largest absolute Gasteiger partial charge is 0.465 e. The first-order valence-electron chi connectivity index (χ1n) is 5.81. The smallest absolute Gasteiger partial charge is 0.425 e. The molecule has 0 spiro atoms. The molecule has 1 heterocycles. The molecule has 1 N–H and O–H groups in total. The number of nitrogens with one attached hydrogen (secondary N) is 1. The average molecular weight is 341 g/mol. The predicted molar refractivity (Wildman–Crippen MR) is 70.1 cm³/mol. The Balaban J connectivity index is 2.87. The normalized spacial score (nSPS) is 13.7. The fourth-order valence-electron chi connectivity index (χ4n) is 1.25. The number of rotatable bonds is 5. The van der Waals surface area contributed by atoms with Crippen molar-refractivity contribution in [3.05, 3.63) is 22.3 Å². The first-order valence-corrected chi connectivity index (χ1v) is 6.60. The van der Waals surface area contributed by atoms with Crippen molar-refractivity contribution < 1.29 is 17.9 Å². The molecule has 1 atom stereocenters. The summed E-state index contributed by atoms with van der Waals surface area (Å²) in [4.78, 5) is 3.90. The third kappa shape index (κ3) is 5.36. The fraction of sp³-hybridized carbons (Fsp3) is 0.583. The van der Waals surface area contributed by atoms with Gasteiger partial charge in [0.15, 0.2) is 6.10 Å². The number of pyridine rings is 1. The lowest BCUT2D eigenvalue weighted by molar-refractivity contribution is -0.190. The van der Waals surface area contributed by atoms with Crippen LogP contribution in [0.25, 0.3) is 0 Å². The maximum absolute atomic E-state index is 12.5. The van der Waals surface area contributed by atoms with Gasteiger partial charge in [0.2, 0.25) is 5.88 Å². The quantitative estimate of drug-likeness (QED) is 0.887. The van der Waals surface area contributed by atoms with Gasteiger partial charge in [-0.2, -0.15) is 13.2 Å². The van der Waals surface area contributed by atoms with Crippen molar-refractivity contribution in [2.45, 2.75) is 45.6 Å². The molecule has 0 aliphatic carbocycles. The predicted octanol–water partition coefficient (Wildman–Crippen LogP) is 3.67. The van der Waals surface area contributed by atoms with E-state index in [4.69, 9.17) is 4.74 Å². The molecule has 0 aliphatic heterocycles. The van der Waals surface area contributed by atoms with Gasteiger partial charge in [-0.1, -0.05) is 13.8 Å². The lowest BCUT2D eigenvalue weighted by atomic mass is 10.2. The van der Waals surface area contributed by atoms with E-state index in [-0.39, 0.29) is 11.9 Å². The van der Waals surface area contributed by atoms with E-state index < -0.39 is 12.3 Å². The van der Waals surface area contributed by atoms with Crippen LogP contribution in [-0.2, 0) is 6.54 Å². The molecule has 1 rings (SSSR count). The topological polar surface area (TPSA) is 34.2 Å². The van der Waals surface area contributed by atoms with Gasteiger partial charge >= 0.3 is 6.18 Å². The van der Waals surface area contributed by atoms with Crippen LogP contribution in [0.5, 0.6) is 5.88 Å². The molecule has 1 unspecified atom stereocenters. The summed E-state index contributed by atoms with van der Waals surface area (Å²) in [6.07, 6.45) is -4.88. The lowest BCUT2D eigenvalue weighted by Gasteiger charge is -2.19. The maximum atomic E-state index is 12.5. The van der Waals surface area contributed by atoms with Gasteiger partial charge < -0.3 is 10.1 Å². The number of nitrogens with zero attached hydrogens (tertiary/aromatic N) is 1. The summed E-state index contributed by atoms with van der Waals surface area (Å²) >= 11 is 3.24. The number of ether oxygens (including phenoxy) is 1. The molecule has 1 aromatic heterocycles. The van der Waals surface area contributed by atoms with E-state index in [2.05, 4.69) is 26.2 Å². The molecule has 3 nitrogen and oxygen atoms in total. The second-order valence-corrected chi connectivity index (χ2v) is 5.37. The van der Waals surface area contributed by atoms with E-state index in [1.807, 2.05) is 13.8 Å². The Morgan fingerprint density at radius 1 is 1.37 bits per heavy atom. The summed E-state index contributed by atoms with van der Waals surface area (Å²) in [5, 5.41) is 3.12. The van der Waals surface area contributed by atoms with Crippen LogP contribution < -0.4 is 10.1 Å². The molecule has 0 radical (unpaired) electrons. The Hall–Kier alpha value is -0.820. The average Bonchev–Trinajstić information content (AvgIpc) is 2.27. The number of halogens is 4. The van der Waals surface area contributed by atoms with Gasteiger partial charge in [0.1, 0.15) is 0 Å². The Labute approximate surface area is 118 Å². The minimum absolute atomic E-state index is 0.00109. The van der Waals surface area contributed by atoms with E-state index in [1.165, 1.54) is 6.20 Å². The van der Waals surface area contributed by atoms with Gasteiger partial charge in [-0.05, 0) is 28.9 Å². The number of hydrogen-bond acceptors (Lipinski definition) is 3. The Morgan fingerprint density at radius 2 is 2.00 bits per heavy atom. The standard InChI is InChI=1S/C12H16BrF3N2O/c1-7(2)17-5-9-4-10(13)6-18-11(9)19-8(3)12(14,15)16/h4,6-8,17H,5H2,1-3H3. The highest BCUT2D eigenvalue weighted by Crippen LogP contribution is 2.27. The number of aromatic nitrogens is 1. The highest BCUT2D eigenvalue weighted by Gasteiger charge is 2.38. The number of alkyl halides is 3. The minimum atomic E-state index is -4.41. The Morgan fingerprint density at radius 3 is 2.53 bits per heavy atom. The molecule has 7 heteroatoms. The molecular formula is C12H16BrF3N2O. The van der Waals surface area contributed by atoms with E-state index in [9.17, 15) is 13.2 Å². The SMILES string of the molecule is CC(C)NCc1cc(Br)cnc1OC(C)C(F)(F)F. The molecular weight excluding hydrogens is 325 g/mol. The fourth-order valence-corrected chi connectivity index (χ4v) is 1.63. The van der Waals surface area contributed by atoms with E-state index in [0.29, 0.717) is 16.6 Å². The summed E-state index contributed by atoms with van der Waals surface area (Å²) in [6, 6.07) is 1.91. The molecule has 0 aromatic carbocycles. The van der Waals surface area contributed by atoms with E-state index >= 15 is 0 Å². The van der Waals surface area contributed by atoms with Crippen LogP contribution in [0.1, 0.15) is 26.3 Å². The van der Waals surface area contributed by atoms with Crippen LogP contribution in [0.3, 0.4) is 0 Å². The summed E-state index contributed by atoms with van der Waals surface area (Å²) in [7, 11) is 0. The molecule has 0 saturated heterocycles. The zero-order valence-electron chi connectivity index (χ0n) is 10.9. The van der Waals surface area contributed by atoms with E-state index in [1.54, 1.807) is 6.07 Å². The zero-order valence-corrected chi connectivity index (χ0v) is 12.5. The first-order chi connectivity index (χ1) is 8.70. The van der Waals surface area contributed by atoms with Crippen molar-refractivity contribution >= 4 is 15.9 Å². The minimum Gasteiger partial charge on any atom is -0.465 e. The summed E-state index contributed by atoms with van der Waals surface area (Å²) in [6.45, 7) is 5.25. The van der Waals surface area contributed by atoms with Crippen molar-refractivity contribution in [1.29, 1.82) is 0 Å². The van der Waals surface area contributed by atoms with Gasteiger partial charge in [0.25, 0.3) is 0 Å². The Bertz CT molecular complexity index is 424. The molecule has 0 saturated carbocycles. The van der Waals surface area contributed by atoms with Gasteiger partial charge in [-0.15, -0.1) is 0 Å². The molecule has 19 heavy (non-hydrogen) atoms. The molecule has 0 aliphatic rings. The van der Waals surface area contributed by atoms with E-state index in [0.717, 1.165) is 6.92 Å². The van der Waals surface area contributed by atoms with Crippen molar-refractivity contribution in [2.75, 3.05) is 0 Å². The van der Waals surface area contributed by atoms with Crippen molar-refractivity contribution in [2.24, 2.45) is 0 Å². The maximum Gasteiger partial charge on any atom is 0.425 e. The molecule has 0 amide bonds. The summed E-state index contributed by atoms with van der Waals surface area (Å²) < 4.78 is 43.0. The van der Waals surface area contributed by atoms with Crippen LogP contribution in [0.15, 0.2) is 16.7 Å². The second kappa shape index (κ2) is 6.56. The molecule has 1 aromatic rings. The van der Waals surface area contributed by atoms with Crippen LogP contribution in [0, 0.1) is 0 Å². The molecule has 108 valence electrons. The van der Waals surface area contributed by atoms with Crippen LogP contribution in [0.4, 0.5) is 13.2 Å². The third-order valence-corrected chi connectivity index (χ3v) is 2.78. The first kappa shape index (κ1) is 16.2. The van der Waals surface area contributed by atoms with Crippen molar-refractivity contribution in [1.82, 2.24) is 10.3 Å². The van der Waals surface area contributed by atoms with Crippen LogP contribution in [-0.4, -0.2) is 23.3 Å². The second-order valence-electron chi connectivity index (χ2n) is 4.46. The van der Waals surface area contributed by atoms with Crippen LogP contribution >= 0.6 is 15.9 Å². The van der Waals surface area contributed by atoms with Gasteiger partial charge in [-0.3, -0.25) is 0 Å². The van der Waals surface area contributed by atoms with Crippen molar-refractivity contribution in [3.8, 4) is 5.88 Å². The van der Waals surface area contributed by atoms with Gasteiger partial charge in [0.05, 0.1) is 0 Å². The summed E-state index contributed by atoms with van der Waals surface area (Å²) in [5.41, 5.74) is 0.583. The Kier molecular flexibility index (Phi) is 5.61. The molecule has 0 bridgehead atoms. The van der Waals surface area contributed by atoms with Gasteiger partial charge in [-0.25, -0.2) is 4.98 Å². The zero-order chi connectivity index (χ0) is 14.6. The number of hydrogen-bond donors (Lipinski definition) is 1. The third-order valence-electron chi connectivity index (χ3n) is 2.34. The van der Waals surface area contributed by atoms with Crippen molar-refractivity contribution in [3.63, 3.8) is 0 Å². The highest BCUT2D eigenvalue weighted by atomic mass is 79.9. The molecule has 0 fully saturated rings. The lowest BCUT2D eigenvalue weighted by Crippen LogP contribution is -2.32. The highest BCUT2D eigenvalue weighted by molar-refractivity contribution is 9.10. The summed E-state index contributed by atoms with van der Waals surface area (Å²) in [5.74, 6) is 0.00109.